The fourth-order valence-electron chi connectivity index (χ4n) is 1.82. The topological polar surface area (TPSA) is 121 Å². The fourth-order valence-corrected chi connectivity index (χ4v) is 2.13. The van der Waals surface area contributed by atoms with Gasteiger partial charge in [0.2, 0.25) is 5.91 Å². The summed E-state index contributed by atoms with van der Waals surface area (Å²) in [5, 5.41) is 7.58. The number of benzene rings is 1. The zero-order valence-electron chi connectivity index (χ0n) is 12.1. The Morgan fingerprint density at radius 1 is 1.04 bits per heavy atom. The quantitative estimate of drug-likeness (QED) is 0.662. The van der Waals surface area contributed by atoms with Crippen LogP contribution in [-0.4, -0.2) is 22.1 Å². The van der Waals surface area contributed by atoms with Crippen molar-refractivity contribution in [3.8, 4) is 11.7 Å². The molecule has 0 aliphatic carbocycles. The molecule has 0 spiro atoms. The minimum Gasteiger partial charge on any atom is -0.452 e. The third-order valence-corrected chi connectivity index (χ3v) is 3.41. The zero-order valence-corrected chi connectivity index (χ0v) is 13.6. The van der Waals surface area contributed by atoms with Gasteiger partial charge in [0, 0.05) is 5.56 Å². The van der Waals surface area contributed by atoms with Crippen molar-refractivity contribution in [1.29, 1.82) is 0 Å². The first kappa shape index (κ1) is 15.9. The maximum absolute atomic E-state index is 11.9. The van der Waals surface area contributed by atoms with Crippen molar-refractivity contribution in [2.45, 2.75) is 6.61 Å². The van der Waals surface area contributed by atoms with Gasteiger partial charge in [-0.3, -0.25) is 4.79 Å². The molecule has 0 saturated heterocycles. The normalized spacial score (nSPS) is 10.5. The van der Waals surface area contributed by atoms with E-state index in [2.05, 4.69) is 26.1 Å². The average molecular weight is 392 g/mol. The molecular formula is C15H10BrN3O5. The largest absolute Gasteiger partial charge is 0.452 e. The number of nitrogens with zero attached hydrogens (tertiary/aromatic N) is 2. The van der Waals surface area contributed by atoms with Gasteiger partial charge in [-0.1, -0.05) is 0 Å². The van der Waals surface area contributed by atoms with E-state index in [4.69, 9.17) is 19.3 Å². The van der Waals surface area contributed by atoms with Crippen LogP contribution in [0.5, 0.6) is 0 Å². The predicted octanol–water partition coefficient (Wildman–Crippen LogP) is 2.55. The van der Waals surface area contributed by atoms with Gasteiger partial charge in [-0.05, 0) is 52.3 Å². The number of esters is 1. The lowest BCUT2D eigenvalue weighted by molar-refractivity contribution is 0.0438. The molecule has 0 bridgehead atoms. The van der Waals surface area contributed by atoms with Crippen molar-refractivity contribution in [3.05, 3.63) is 58.1 Å². The Morgan fingerprint density at radius 2 is 1.75 bits per heavy atom. The molecule has 8 nitrogen and oxygen atoms in total. The summed E-state index contributed by atoms with van der Waals surface area (Å²) in [6.07, 6.45) is 0. The second-order valence-electron chi connectivity index (χ2n) is 4.62. The van der Waals surface area contributed by atoms with E-state index in [9.17, 15) is 9.59 Å². The first-order valence-corrected chi connectivity index (χ1v) is 7.47. The van der Waals surface area contributed by atoms with E-state index < -0.39 is 11.9 Å². The zero-order chi connectivity index (χ0) is 17.1. The predicted molar refractivity (Wildman–Crippen MR) is 83.8 cm³/mol. The average Bonchev–Trinajstić information content (AvgIpc) is 3.21. The van der Waals surface area contributed by atoms with Crippen LogP contribution >= 0.6 is 15.9 Å². The molecule has 2 aromatic heterocycles. The maximum atomic E-state index is 11.9. The smallest absolute Gasteiger partial charge is 0.338 e. The highest BCUT2D eigenvalue weighted by molar-refractivity contribution is 9.10. The summed E-state index contributed by atoms with van der Waals surface area (Å²) in [6, 6.07) is 9.13. The molecule has 24 heavy (non-hydrogen) atoms. The van der Waals surface area contributed by atoms with Crippen molar-refractivity contribution in [2.24, 2.45) is 5.73 Å². The second-order valence-corrected chi connectivity index (χ2v) is 5.40. The standard InChI is InChI=1S/C15H10BrN3O5/c16-11-6-5-10(23-11)14-19-18-12(24-14)7-22-15(21)9-3-1-8(2-4-9)13(17)20/h1-6H,7H2,(H2,17,20). The molecule has 0 saturated carbocycles. The molecule has 2 heterocycles. The Kier molecular flexibility index (Phi) is 4.43. The molecule has 1 amide bonds. The summed E-state index contributed by atoms with van der Waals surface area (Å²) in [5.74, 6) is -0.462. The van der Waals surface area contributed by atoms with Gasteiger partial charge in [0.05, 0.1) is 5.56 Å². The third-order valence-electron chi connectivity index (χ3n) is 2.98. The van der Waals surface area contributed by atoms with Crippen molar-refractivity contribution in [2.75, 3.05) is 0 Å². The van der Waals surface area contributed by atoms with Crippen LogP contribution in [0.3, 0.4) is 0 Å². The highest BCUT2D eigenvalue weighted by atomic mass is 79.9. The molecule has 3 aromatic rings. The summed E-state index contributed by atoms with van der Waals surface area (Å²) in [5.41, 5.74) is 5.71. The van der Waals surface area contributed by atoms with Gasteiger partial charge in [0.1, 0.15) is 0 Å². The molecule has 0 aliphatic rings. The van der Waals surface area contributed by atoms with Crippen molar-refractivity contribution < 1.29 is 23.2 Å². The molecule has 2 N–H and O–H groups in total. The fraction of sp³-hybridized carbons (Fsp3) is 0.0667. The molecule has 122 valence electrons. The van der Waals surface area contributed by atoms with Crippen molar-refractivity contribution in [3.63, 3.8) is 0 Å². The number of ether oxygens (including phenoxy) is 1. The van der Waals surface area contributed by atoms with E-state index in [0.29, 0.717) is 16.0 Å². The van der Waals surface area contributed by atoms with E-state index in [1.54, 1.807) is 12.1 Å². The molecule has 0 fully saturated rings. The molecule has 3 rings (SSSR count). The molecule has 0 radical (unpaired) electrons. The lowest BCUT2D eigenvalue weighted by Gasteiger charge is -2.02. The highest BCUT2D eigenvalue weighted by Gasteiger charge is 2.14. The van der Waals surface area contributed by atoms with Gasteiger partial charge < -0.3 is 19.3 Å². The van der Waals surface area contributed by atoms with Crippen LogP contribution in [0.25, 0.3) is 11.7 Å². The number of carbonyl (C=O) groups excluding carboxylic acids is 2. The van der Waals surface area contributed by atoms with Gasteiger partial charge >= 0.3 is 5.97 Å². The summed E-state index contributed by atoms with van der Waals surface area (Å²) in [6.45, 7) is -0.189. The summed E-state index contributed by atoms with van der Waals surface area (Å²) in [7, 11) is 0. The Labute approximate surface area is 143 Å². The molecule has 0 atom stereocenters. The van der Waals surface area contributed by atoms with Crippen LogP contribution in [0.2, 0.25) is 0 Å². The minimum atomic E-state index is -0.591. The molecule has 0 aliphatic heterocycles. The van der Waals surface area contributed by atoms with E-state index in [1.807, 2.05) is 0 Å². The number of hydrogen-bond donors (Lipinski definition) is 1. The Balaban J connectivity index is 1.62. The van der Waals surface area contributed by atoms with E-state index >= 15 is 0 Å². The lowest BCUT2D eigenvalue weighted by Crippen LogP contribution is -2.11. The van der Waals surface area contributed by atoms with Gasteiger partial charge in [-0.15, -0.1) is 10.2 Å². The number of carbonyl (C=O) groups is 2. The molecule has 1 aromatic carbocycles. The number of furan rings is 1. The monoisotopic (exact) mass is 391 g/mol. The molecular weight excluding hydrogens is 382 g/mol. The molecule has 9 heteroatoms. The number of amides is 1. The second kappa shape index (κ2) is 6.67. The van der Waals surface area contributed by atoms with Crippen LogP contribution in [0.1, 0.15) is 26.6 Å². The SMILES string of the molecule is NC(=O)c1ccc(C(=O)OCc2nnc(-c3ccc(Br)o3)o2)cc1. The van der Waals surface area contributed by atoms with Crippen LogP contribution < -0.4 is 5.73 Å². The number of aromatic nitrogens is 2. The Morgan fingerprint density at radius 3 is 2.38 bits per heavy atom. The number of primary amides is 1. The lowest BCUT2D eigenvalue weighted by atomic mass is 10.1. The first-order valence-electron chi connectivity index (χ1n) is 6.68. The number of halogens is 1. The van der Waals surface area contributed by atoms with E-state index in [0.717, 1.165) is 0 Å². The minimum absolute atomic E-state index is 0.125. The highest BCUT2D eigenvalue weighted by Crippen LogP contribution is 2.23. The van der Waals surface area contributed by atoms with E-state index in [-0.39, 0.29) is 24.0 Å². The Hall–Kier alpha value is -2.94. The summed E-state index contributed by atoms with van der Waals surface area (Å²) < 4.78 is 16.2. The number of rotatable bonds is 5. The Bertz CT molecular complexity index is 885. The molecule has 0 unspecified atom stereocenters. The van der Waals surface area contributed by atoms with Crippen LogP contribution in [-0.2, 0) is 11.3 Å². The summed E-state index contributed by atoms with van der Waals surface area (Å²) >= 11 is 3.17. The van der Waals surface area contributed by atoms with Gasteiger partial charge in [0.25, 0.3) is 11.8 Å². The van der Waals surface area contributed by atoms with Gasteiger partial charge in [-0.25, -0.2) is 4.79 Å². The number of hydrogen-bond acceptors (Lipinski definition) is 7. The number of nitrogens with two attached hydrogens (primary N) is 1. The summed E-state index contributed by atoms with van der Waals surface area (Å²) in [4.78, 5) is 22.9. The van der Waals surface area contributed by atoms with Crippen LogP contribution in [0.15, 0.2) is 49.9 Å². The van der Waals surface area contributed by atoms with Crippen molar-refractivity contribution in [1.82, 2.24) is 10.2 Å². The van der Waals surface area contributed by atoms with Gasteiger partial charge in [-0.2, -0.15) is 0 Å². The van der Waals surface area contributed by atoms with Crippen molar-refractivity contribution >= 4 is 27.8 Å². The first-order chi connectivity index (χ1) is 11.5. The maximum Gasteiger partial charge on any atom is 0.338 e. The van der Waals surface area contributed by atoms with E-state index in [1.165, 1.54) is 24.3 Å². The van der Waals surface area contributed by atoms with Crippen LogP contribution in [0.4, 0.5) is 0 Å². The van der Waals surface area contributed by atoms with Gasteiger partial charge in [0.15, 0.2) is 17.0 Å². The van der Waals surface area contributed by atoms with Crippen LogP contribution in [0, 0.1) is 0 Å². The third kappa shape index (κ3) is 3.51.